The van der Waals surface area contributed by atoms with E-state index in [1.165, 1.54) is 16.4 Å². The van der Waals surface area contributed by atoms with E-state index in [1.54, 1.807) is 0 Å². The summed E-state index contributed by atoms with van der Waals surface area (Å²) in [6, 6.07) is 14.2. The van der Waals surface area contributed by atoms with Crippen LogP contribution in [-0.4, -0.2) is 31.7 Å². The topological polar surface area (TPSA) is 66.5 Å². The van der Waals surface area contributed by atoms with Gasteiger partial charge in [0, 0.05) is 13.1 Å². The van der Waals surface area contributed by atoms with Crippen molar-refractivity contribution in [2.45, 2.75) is 30.7 Å². The lowest BCUT2D eigenvalue weighted by molar-refractivity contribution is -0.126. The summed E-state index contributed by atoms with van der Waals surface area (Å²) in [5.41, 5.74) is 0.998. The van der Waals surface area contributed by atoms with Gasteiger partial charge in [0.05, 0.1) is 16.9 Å². The van der Waals surface area contributed by atoms with E-state index < -0.39 is 21.8 Å². The highest BCUT2D eigenvalue weighted by molar-refractivity contribution is 7.89. The maximum atomic E-state index is 13.1. The van der Waals surface area contributed by atoms with Gasteiger partial charge in [-0.1, -0.05) is 30.3 Å². The number of piperidine rings is 1. The number of halogens is 1. The van der Waals surface area contributed by atoms with E-state index in [0.29, 0.717) is 19.4 Å². The van der Waals surface area contributed by atoms with E-state index in [2.05, 4.69) is 5.32 Å². The third-order valence-corrected chi connectivity index (χ3v) is 6.74. The van der Waals surface area contributed by atoms with Crippen LogP contribution in [0.2, 0.25) is 0 Å². The zero-order chi connectivity index (χ0) is 19.4. The number of hydrogen-bond acceptors (Lipinski definition) is 3. The number of carbonyl (C=O) groups is 1. The van der Waals surface area contributed by atoms with Crippen molar-refractivity contribution in [2.75, 3.05) is 13.1 Å². The molecule has 1 saturated heterocycles. The minimum Gasteiger partial charge on any atom is -0.349 e. The minimum absolute atomic E-state index is 0.0441. The van der Waals surface area contributed by atoms with Gasteiger partial charge in [0.2, 0.25) is 15.9 Å². The molecule has 0 bridgehead atoms. The van der Waals surface area contributed by atoms with Crippen LogP contribution in [0, 0.1) is 11.7 Å². The maximum absolute atomic E-state index is 13.1. The fourth-order valence-electron chi connectivity index (χ4n) is 3.29. The van der Waals surface area contributed by atoms with Crippen LogP contribution in [0.15, 0.2) is 59.5 Å². The molecule has 2 aromatic carbocycles. The smallest absolute Gasteiger partial charge is 0.243 e. The summed E-state index contributed by atoms with van der Waals surface area (Å²) < 4.78 is 40.0. The largest absolute Gasteiger partial charge is 0.349 e. The first kappa shape index (κ1) is 19.5. The summed E-state index contributed by atoms with van der Waals surface area (Å²) in [6.07, 6.45) is 1.25. The number of carbonyl (C=O) groups excluding carboxylic acids is 1. The predicted molar refractivity (Wildman–Crippen MR) is 101 cm³/mol. The fourth-order valence-corrected chi connectivity index (χ4v) is 4.81. The Morgan fingerprint density at radius 2 is 1.81 bits per heavy atom. The molecule has 3 rings (SSSR count). The highest BCUT2D eigenvalue weighted by atomic mass is 32.2. The van der Waals surface area contributed by atoms with E-state index >= 15 is 0 Å². The van der Waals surface area contributed by atoms with Crippen molar-refractivity contribution >= 4 is 15.9 Å². The molecular weight excluding hydrogens is 367 g/mol. The molecule has 7 heteroatoms. The van der Waals surface area contributed by atoms with E-state index in [4.69, 9.17) is 0 Å². The van der Waals surface area contributed by atoms with Gasteiger partial charge in [-0.3, -0.25) is 4.79 Å². The Kier molecular flexibility index (Phi) is 5.92. The summed E-state index contributed by atoms with van der Waals surface area (Å²) >= 11 is 0. The van der Waals surface area contributed by atoms with E-state index in [0.717, 1.165) is 17.7 Å². The van der Waals surface area contributed by atoms with Gasteiger partial charge in [-0.2, -0.15) is 4.31 Å². The summed E-state index contributed by atoms with van der Waals surface area (Å²) in [5.74, 6) is -1.04. The number of hydrogen-bond donors (Lipinski definition) is 1. The van der Waals surface area contributed by atoms with Crippen LogP contribution in [0.3, 0.4) is 0 Å². The molecule has 0 saturated carbocycles. The van der Waals surface area contributed by atoms with Crippen LogP contribution >= 0.6 is 0 Å². The van der Waals surface area contributed by atoms with Gasteiger partial charge in [-0.05, 0) is 49.6 Å². The summed E-state index contributed by atoms with van der Waals surface area (Å²) in [4.78, 5) is 12.7. The molecule has 0 spiro atoms. The Morgan fingerprint density at radius 3 is 2.48 bits per heavy atom. The molecule has 1 aliphatic rings. The molecule has 27 heavy (non-hydrogen) atoms. The van der Waals surface area contributed by atoms with Crippen LogP contribution in [0.5, 0.6) is 0 Å². The highest BCUT2D eigenvalue weighted by Gasteiger charge is 2.33. The highest BCUT2D eigenvalue weighted by Crippen LogP contribution is 2.25. The predicted octanol–water partition coefficient (Wildman–Crippen LogP) is 3.10. The number of benzene rings is 2. The van der Waals surface area contributed by atoms with Crippen molar-refractivity contribution in [3.8, 4) is 0 Å². The summed E-state index contributed by atoms with van der Waals surface area (Å²) in [7, 11) is -3.74. The molecule has 1 fully saturated rings. The van der Waals surface area contributed by atoms with Crippen molar-refractivity contribution in [1.82, 2.24) is 9.62 Å². The Labute approximate surface area is 159 Å². The summed E-state index contributed by atoms with van der Waals surface area (Å²) in [5, 5.41) is 2.98. The monoisotopic (exact) mass is 390 g/mol. The molecule has 0 unspecified atom stereocenters. The number of amides is 1. The van der Waals surface area contributed by atoms with Gasteiger partial charge >= 0.3 is 0 Å². The van der Waals surface area contributed by atoms with E-state index in [-0.39, 0.29) is 23.4 Å². The Hall–Kier alpha value is -2.25. The first-order valence-corrected chi connectivity index (χ1v) is 10.4. The van der Waals surface area contributed by atoms with Crippen LogP contribution in [0.1, 0.15) is 31.4 Å². The maximum Gasteiger partial charge on any atom is 0.243 e. The van der Waals surface area contributed by atoms with Crippen molar-refractivity contribution in [3.05, 3.63) is 66.0 Å². The Morgan fingerprint density at radius 1 is 1.15 bits per heavy atom. The molecule has 0 radical (unpaired) electrons. The number of nitrogens with one attached hydrogen (secondary N) is 1. The average molecular weight is 390 g/mol. The molecule has 5 nitrogen and oxygen atoms in total. The third kappa shape index (κ3) is 4.54. The summed E-state index contributed by atoms with van der Waals surface area (Å²) in [6.45, 7) is 2.40. The molecular formula is C20H23FN2O3S. The second-order valence-electron chi connectivity index (χ2n) is 6.80. The SMILES string of the molecule is C[C@H](NC(=O)[C@H]1CCCN(S(=O)(=O)c2ccc(F)cc2)C1)c1ccccc1. The second-order valence-corrected chi connectivity index (χ2v) is 8.74. The van der Waals surface area contributed by atoms with Gasteiger partial charge in [-0.15, -0.1) is 0 Å². The molecule has 1 amide bonds. The van der Waals surface area contributed by atoms with Crippen LogP contribution in [-0.2, 0) is 14.8 Å². The van der Waals surface area contributed by atoms with Crippen LogP contribution in [0.25, 0.3) is 0 Å². The number of rotatable bonds is 5. The molecule has 2 atom stereocenters. The molecule has 0 aliphatic carbocycles. The zero-order valence-electron chi connectivity index (χ0n) is 15.1. The van der Waals surface area contributed by atoms with Gasteiger partial charge in [0.25, 0.3) is 0 Å². The van der Waals surface area contributed by atoms with Crippen molar-refractivity contribution < 1.29 is 17.6 Å². The quantitative estimate of drug-likeness (QED) is 0.853. The van der Waals surface area contributed by atoms with Crippen LogP contribution in [0.4, 0.5) is 4.39 Å². The Bertz CT molecular complexity index is 885. The van der Waals surface area contributed by atoms with Gasteiger partial charge in [0.1, 0.15) is 5.82 Å². The lowest BCUT2D eigenvalue weighted by Crippen LogP contribution is -2.45. The molecule has 1 aliphatic heterocycles. The fraction of sp³-hybridized carbons (Fsp3) is 0.350. The molecule has 2 aromatic rings. The zero-order valence-corrected chi connectivity index (χ0v) is 16.0. The van der Waals surface area contributed by atoms with Crippen molar-refractivity contribution in [1.29, 1.82) is 0 Å². The van der Waals surface area contributed by atoms with Gasteiger partial charge < -0.3 is 5.32 Å². The van der Waals surface area contributed by atoms with Gasteiger partial charge in [-0.25, -0.2) is 12.8 Å². The Balaban J connectivity index is 1.68. The van der Waals surface area contributed by atoms with E-state index in [9.17, 15) is 17.6 Å². The minimum atomic E-state index is -3.74. The first-order valence-electron chi connectivity index (χ1n) is 8.99. The normalized spacial score (nSPS) is 19.4. The lowest BCUT2D eigenvalue weighted by Gasteiger charge is -2.32. The van der Waals surface area contributed by atoms with Gasteiger partial charge in [0.15, 0.2) is 0 Å². The number of nitrogens with zero attached hydrogens (tertiary/aromatic N) is 1. The first-order chi connectivity index (χ1) is 12.9. The molecule has 144 valence electrons. The average Bonchev–Trinajstić information content (AvgIpc) is 2.69. The molecule has 0 aromatic heterocycles. The number of sulfonamides is 1. The molecule has 1 N–H and O–H groups in total. The van der Waals surface area contributed by atoms with Crippen molar-refractivity contribution in [3.63, 3.8) is 0 Å². The second kappa shape index (κ2) is 8.19. The standard InChI is InChI=1S/C20H23FN2O3S/c1-15(16-6-3-2-4-7-16)22-20(24)17-8-5-13-23(14-17)27(25,26)19-11-9-18(21)10-12-19/h2-4,6-7,9-12,15,17H,5,8,13-14H2,1H3,(H,22,24)/t15-,17-/m0/s1. The third-order valence-electron chi connectivity index (χ3n) is 4.86. The van der Waals surface area contributed by atoms with Crippen LogP contribution < -0.4 is 5.32 Å². The van der Waals surface area contributed by atoms with E-state index in [1.807, 2.05) is 37.3 Å². The lowest BCUT2D eigenvalue weighted by atomic mass is 9.98. The van der Waals surface area contributed by atoms with Crippen molar-refractivity contribution in [2.24, 2.45) is 5.92 Å². The molecule has 1 heterocycles.